The van der Waals surface area contributed by atoms with Gasteiger partial charge in [0.05, 0.1) is 16.9 Å². The Kier molecular flexibility index (Phi) is 5.19. The summed E-state index contributed by atoms with van der Waals surface area (Å²) in [6.07, 6.45) is -2.16. The molecule has 23 heavy (non-hydrogen) atoms. The molecule has 7 heteroatoms. The first-order chi connectivity index (χ1) is 10.7. The molecule has 0 amide bonds. The van der Waals surface area contributed by atoms with Crippen LogP contribution in [-0.2, 0) is 6.18 Å². The first-order valence-electron chi connectivity index (χ1n) is 7.11. The van der Waals surface area contributed by atoms with Gasteiger partial charge < -0.3 is 5.32 Å². The molecule has 0 aliphatic rings. The standard InChI is InChI=1S/C16H18F3N3S/c1-9(2)21-15-10(3)5-14(22-11(15)4)23-13-6-12(7-20-8-13)16(17,18)19/h5-9,21H,1-4H3. The van der Waals surface area contributed by atoms with Gasteiger partial charge in [-0.15, -0.1) is 0 Å². The van der Waals surface area contributed by atoms with Gasteiger partial charge in [-0.05, 0) is 45.4 Å². The van der Waals surface area contributed by atoms with Gasteiger partial charge in [0, 0.05) is 23.3 Å². The molecule has 0 saturated heterocycles. The minimum absolute atomic E-state index is 0.278. The van der Waals surface area contributed by atoms with Gasteiger partial charge in [-0.2, -0.15) is 13.2 Å². The zero-order chi connectivity index (χ0) is 17.2. The maximum Gasteiger partial charge on any atom is 0.417 e. The Morgan fingerprint density at radius 3 is 2.39 bits per heavy atom. The molecule has 2 aromatic heterocycles. The van der Waals surface area contributed by atoms with Crippen LogP contribution in [0.5, 0.6) is 0 Å². The van der Waals surface area contributed by atoms with Crippen LogP contribution in [-0.4, -0.2) is 16.0 Å². The van der Waals surface area contributed by atoms with Gasteiger partial charge in [0.25, 0.3) is 0 Å². The molecule has 2 rings (SSSR count). The minimum atomic E-state index is -4.39. The fourth-order valence-electron chi connectivity index (χ4n) is 2.11. The number of aromatic nitrogens is 2. The second-order valence-electron chi connectivity index (χ2n) is 5.55. The summed E-state index contributed by atoms with van der Waals surface area (Å²) in [4.78, 5) is 8.55. The van der Waals surface area contributed by atoms with Crippen molar-refractivity contribution < 1.29 is 13.2 Å². The van der Waals surface area contributed by atoms with Gasteiger partial charge >= 0.3 is 6.18 Å². The predicted molar refractivity (Wildman–Crippen MR) is 85.8 cm³/mol. The molecule has 2 heterocycles. The number of nitrogens with one attached hydrogen (secondary N) is 1. The summed E-state index contributed by atoms with van der Waals surface area (Å²) in [6, 6.07) is 3.23. The summed E-state index contributed by atoms with van der Waals surface area (Å²) in [5.41, 5.74) is 2.04. The van der Waals surface area contributed by atoms with Crippen LogP contribution in [0.25, 0.3) is 0 Å². The van der Waals surface area contributed by atoms with E-state index in [0.29, 0.717) is 9.92 Å². The van der Waals surface area contributed by atoms with Crippen molar-refractivity contribution in [2.24, 2.45) is 0 Å². The smallest absolute Gasteiger partial charge is 0.381 e. The highest BCUT2D eigenvalue weighted by Crippen LogP contribution is 2.34. The van der Waals surface area contributed by atoms with E-state index >= 15 is 0 Å². The number of hydrogen-bond donors (Lipinski definition) is 1. The van der Waals surface area contributed by atoms with Gasteiger partial charge in [0.2, 0.25) is 0 Å². The fraction of sp³-hybridized carbons (Fsp3) is 0.375. The Bertz CT molecular complexity index is 676. The van der Waals surface area contributed by atoms with Crippen LogP contribution in [0.3, 0.4) is 0 Å². The second kappa shape index (κ2) is 6.78. The minimum Gasteiger partial charge on any atom is -0.381 e. The van der Waals surface area contributed by atoms with Gasteiger partial charge in [-0.25, -0.2) is 4.98 Å². The monoisotopic (exact) mass is 341 g/mol. The molecule has 0 aromatic carbocycles. The van der Waals surface area contributed by atoms with Crippen LogP contribution < -0.4 is 5.32 Å². The largest absolute Gasteiger partial charge is 0.417 e. The molecule has 0 spiro atoms. The summed E-state index contributed by atoms with van der Waals surface area (Å²) in [5.74, 6) is 0. The number of halogens is 3. The molecule has 2 aromatic rings. The van der Waals surface area contributed by atoms with Crippen molar-refractivity contribution in [3.8, 4) is 0 Å². The zero-order valence-corrected chi connectivity index (χ0v) is 14.1. The quantitative estimate of drug-likeness (QED) is 0.841. The molecule has 0 aliphatic carbocycles. The predicted octanol–water partition coefficient (Wildman–Crippen LogP) is 5.08. The number of aryl methyl sites for hydroxylation is 2. The highest BCUT2D eigenvalue weighted by molar-refractivity contribution is 7.99. The third kappa shape index (κ3) is 4.60. The molecule has 0 fully saturated rings. The Morgan fingerprint density at radius 2 is 1.83 bits per heavy atom. The molecule has 0 unspecified atom stereocenters. The Balaban J connectivity index is 2.28. The number of nitrogens with zero attached hydrogens (tertiary/aromatic N) is 2. The van der Waals surface area contributed by atoms with Crippen LogP contribution in [0.1, 0.15) is 30.7 Å². The molecule has 1 N–H and O–H groups in total. The average Bonchev–Trinajstić information content (AvgIpc) is 2.42. The molecule has 0 atom stereocenters. The Hall–Kier alpha value is -1.76. The third-order valence-electron chi connectivity index (χ3n) is 3.07. The summed E-state index contributed by atoms with van der Waals surface area (Å²) >= 11 is 1.17. The highest BCUT2D eigenvalue weighted by atomic mass is 32.2. The van der Waals surface area contributed by atoms with Gasteiger partial charge in [0.1, 0.15) is 5.03 Å². The van der Waals surface area contributed by atoms with E-state index in [-0.39, 0.29) is 6.04 Å². The lowest BCUT2D eigenvalue weighted by atomic mass is 10.2. The molecule has 0 saturated carbocycles. The summed E-state index contributed by atoms with van der Waals surface area (Å²) in [7, 11) is 0. The fourth-order valence-corrected chi connectivity index (χ4v) is 3.07. The lowest BCUT2D eigenvalue weighted by Gasteiger charge is -2.16. The molecule has 0 aliphatic heterocycles. The van der Waals surface area contributed by atoms with Crippen molar-refractivity contribution in [1.82, 2.24) is 9.97 Å². The molecular formula is C16H18F3N3S. The number of anilines is 1. The number of hydrogen-bond acceptors (Lipinski definition) is 4. The van der Waals surface area contributed by atoms with Crippen molar-refractivity contribution >= 4 is 17.4 Å². The highest BCUT2D eigenvalue weighted by Gasteiger charge is 2.31. The van der Waals surface area contributed by atoms with Crippen molar-refractivity contribution in [2.45, 2.75) is 49.8 Å². The van der Waals surface area contributed by atoms with E-state index in [1.165, 1.54) is 18.0 Å². The first kappa shape index (κ1) is 17.6. The summed E-state index contributed by atoms with van der Waals surface area (Å²) in [5, 5.41) is 3.98. The van der Waals surface area contributed by atoms with Crippen molar-refractivity contribution in [2.75, 3.05) is 5.32 Å². The van der Waals surface area contributed by atoms with Crippen molar-refractivity contribution in [3.63, 3.8) is 0 Å². The number of alkyl halides is 3. The van der Waals surface area contributed by atoms with E-state index in [2.05, 4.69) is 15.3 Å². The van der Waals surface area contributed by atoms with E-state index < -0.39 is 11.7 Å². The van der Waals surface area contributed by atoms with E-state index in [0.717, 1.165) is 29.2 Å². The average molecular weight is 341 g/mol. The van der Waals surface area contributed by atoms with E-state index in [1.54, 1.807) is 0 Å². The van der Waals surface area contributed by atoms with Gasteiger partial charge in [-0.1, -0.05) is 11.8 Å². The molecule has 0 bridgehead atoms. The Labute approximate surface area is 137 Å². The SMILES string of the molecule is Cc1cc(Sc2cncc(C(F)(F)F)c2)nc(C)c1NC(C)C. The number of pyridine rings is 2. The molecular weight excluding hydrogens is 323 g/mol. The zero-order valence-electron chi connectivity index (χ0n) is 13.3. The van der Waals surface area contributed by atoms with Crippen LogP contribution in [0, 0.1) is 13.8 Å². The normalized spacial score (nSPS) is 11.8. The maximum atomic E-state index is 12.7. The molecule has 124 valence electrons. The lowest BCUT2D eigenvalue weighted by Crippen LogP contribution is -2.12. The molecule has 0 radical (unpaired) electrons. The maximum absolute atomic E-state index is 12.7. The second-order valence-corrected chi connectivity index (χ2v) is 6.64. The third-order valence-corrected chi connectivity index (χ3v) is 3.95. The molecule has 3 nitrogen and oxygen atoms in total. The lowest BCUT2D eigenvalue weighted by molar-refractivity contribution is -0.138. The van der Waals surface area contributed by atoms with Gasteiger partial charge in [0.15, 0.2) is 0 Å². The summed E-state index contributed by atoms with van der Waals surface area (Å²) in [6.45, 7) is 7.91. The van der Waals surface area contributed by atoms with Crippen LogP contribution in [0.2, 0.25) is 0 Å². The van der Waals surface area contributed by atoms with Crippen LogP contribution in [0.4, 0.5) is 18.9 Å². The van der Waals surface area contributed by atoms with E-state index in [4.69, 9.17) is 0 Å². The van der Waals surface area contributed by atoms with E-state index in [1.807, 2.05) is 33.8 Å². The first-order valence-corrected chi connectivity index (χ1v) is 7.93. The summed E-state index contributed by atoms with van der Waals surface area (Å²) < 4.78 is 38.2. The van der Waals surface area contributed by atoms with E-state index in [9.17, 15) is 13.2 Å². The topological polar surface area (TPSA) is 37.8 Å². The van der Waals surface area contributed by atoms with Crippen LogP contribution >= 0.6 is 11.8 Å². The Morgan fingerprint density at radius 1 is 1.13 bits per heavy atom. The van der Waals surface area contributed by atoms with Crippen molar-refractivity contribution in [3.05, 3.63) is 41.3 Å². The van der Waals surface area contributed by atoms with Gasteiger partial charge in [-0.3, -0.25) is 4.98 Å². The van der Waals surface area contributed by atoms with Crippen LogP contribution in [0.15, 0.2) is 34.4 Å². The van der Waals surface area contributed by atoms with Crippen molar-refractivity contribution in [1.29, 1.82) is 0 Å². The number of rotatable bonds is 4.